The Labute approximate surface area is 78.9 Å². The van der Waals surface area contributed by atoms with E-state index in [2.05, 4.69) is 12.2 Å². The summed E-state index contributed by atoms with van der Waals surface area (Å²) >= 11 is 0. The van der Waals surface area contributed by atoms with Gasteiger partial charge in [0, 0.05) is 0 Å². The van der Waals surface area contributed by atoms with E-state index in [0.29, 0.717) is 18.1 Å². The summed E-state index contributed by atoms with van der Waals surface area (Å²) in [5.74, 6) is 1.08. The van der Waals surface area contributed by atoms with Gasteiger partial charge in [0.1, 0.15) is 0 Å². The van der Waals surface area contributed by atoms with Gasteiger partial charge in [0.15, 0.2) is 5.79 Å². The Bertz CT molecular complexity index is 257. The minimum absolute atomic E-state index is 0.344. The van der Waals surface area contributed by atoms with Crippen LogP contribution in [0.25, 0.3) is 0 Å². The van der Waals surface area contributed by atoms with E-state index in [0.717, 1.165) is 12.3 Å². The van der Waals surface area contributed by atoms with Gasteiger partial charge in [-0.1, -0.05) is 12.2 Å². The van der Waals surface area contributed by atoms with Crippen LogP contribution in [0.3, 0.4) is 0 Å². The Morgan fingerprint density at radius 3 is 3.00 bits per heavy atom. The van der Waals surface area contributed by atoms with Crippen molar-refractivity contribution in [3.8, 4) is 0 Å². The number of hydrogen-bond acceptors (Lipinski definition) is 2. The third kappa shape index (κ3) is 1.09. The number of rotatable bonds is 0. The Hall–Kier alpha value is -0.340. The van der Waals surface area contributed by atoms with Gasteiger partial charge in [-0.2, -0.15) is 0 Å². The maximum Gasteiger partial charge on any atom is 0.163 e. The summed E-state index contributed by atoms with van der Waals surface area (Å²) in [6.07, 6.45) is 7.69. The summed E-state index contributed by atoms with van der Waals surface area (Å²) in [6.45, 7) is 4.03. The first-order valence-electron chi connectivity index (χ1n) is 5.18. The standard InChI is InChI=1S/C11H16O2/c1-11(2)12-9-6-7-4-3-5-8(7)10(9)13-11/h3-4,7-10H,5-6H2,1-2H3/t7-,8-,9+,10-/m1/s1. The van der Waals surface area contributed by atoms with Crippen molar-refractivity contribution in [1.82, 2.24) is 0 Å². The zero-order valence-corrected chi connectivity index (χ0v) is 8.19. The number of hydrogen-bond donors (Lipinski definition) is 0. The number of allylic oxidation sites excluding steroid dienone is 2. The molecule has 1 aliphatic heterocycles. The monoisotopic (exact) mass is 180 g/mol. The quantitative estimate of drug-likeness (QED) is 0.531. The molecule has 4 atom stereocenters. The van der Waals surface area contributed by atoms with Gasteiger partial charge in [0.2, 0.25) is 0 Å². The molecule has 13 heavy (non-hydrogen) atoms. The molecule has 0 spiro atoms. The molecule has 72 valence electrons. The molecule has 1 saturated heterocycles. The van der Waals surface area contributed by atoms with E-state index in [9.17, 15) is 0 Å². The molecule has 1 heterocycles. The van der Waals surface area contributed by atoms with Crippen molar-refractivity contribution in [3.05, 3.63) is 12.2 Å². The topological polar surface area (TPSA) is 18.5 Å². The van der Waals surface area contributed by atoms with Crippen LogP contribution in [0.2, 0.25) is 0 Å². The molecule has 0 aromatic carbocycles. The predicted octanol–water partition coefficient (Wildman–Crippen LogP) is 2.10. The van der Waals surface area contributed by atoms with E-state index in [4.69, 9.17) is 9.47 Å². The first-order valence-corrected chi connectivity index (χ1v) is 5.18. The molecule has 1 saturated carbocycles. The molecule has 0 amide bonds. The van der Waals surface area contributed by atoms with Gasteiger partial charge in [-0.3, -0.25) is 0 Å². The van der Waals surface area contributed by atoms with Crippen LogP contribution in [0.15, 0.2) is 12.2 Å². The van der Waals surface area contributed by atoms with E-state index in [1.165, 1.54) is 6.42 Å². The average Bonchev–Trinajstić information content (AvgIpc) is 2.58. The van der Waals surface area contributed by atoms with Crippen molar-refractivity contribution < 1.29 is 9.47 Å². The Morgan fingerprint density at radius 2 is 2.15 bits per heavy atom. The number of ether oxygens (including phenoxy) is 2. The fraction of sp³-hybridized carbons (Fsp3) is 0.818. The lowest BCUT2D eigenvalue weighted by molar-refractivity contribution is -0.158. The maximum absolute atomic E-state index is 5.92. The molecule has 2 heteroatoms. The highest BCUT2D eigenvalue weighted by molar-refractivity contribution is 5.11. The van der Waals surface area contributed by atoms with Crippen molar-refractivity contribution in [1.29, 1.82) is 0 Å². The summed E-state index contributed by atoms with van der Waals surface area (Å²) in [4.78, 5) is 0. The lowest BCUT2D eigenvalue weighted by atomic mass is 9.98. The molecule has 3 aliphatic rings. The van der Waals surface area contributed by atoms with Gasteiger partial charge < -0.3 is 9.47 Å². The van der Waals surface area contributed by atoms with Gasteiger partial charge in [0.05, 0.1) is 12.2 Å². The van der Waals surface area contributed by atoms with Gasteiger partial charge in [0.25, 0.3) is 0 Å². The molecular formula is C11H16O2. The molecular weight excluding hydrogens is 164 g/mol. The lowest BCUT2D eigenvalue weighted by Crippen LogP contribution is -2.26. The molecule has 2 aliphatic carbocycles. The van der Waals surface area contributed by atoms with Crippen LogP contribution in [-0.4, -0.2) is 18.0 Å². The van der Waals surface area contributed by atoms with Crippen molar-refractivity contribution in [2.45, 2.75) is 44.7 Å². The minimum Gasteiger partial charge on any atom is -0.345 e. The molecule has 2 fully saturated rings. The maximum atomic E-state index is 5.92. The molecule has 0 N–H and O–H groups in total. The third-order valence-corrected chi connectivity index (χ3v) is 3.49. The van der Waals surface area contributed by atoms with Crippen LogP contribution in [0.1, 0.15) is 26.7 Å². The molecule has 0 bridgehead atoms. The molecule has 0 aromatic rings. The van der Waals surface area contributed by atoms with Crippen LogP contribution in [-0.2, 0) is 9.47 Å². The molecule has 3 rings (SSSR count). The van der Waals surface area contributed by atoms with Crippen molar-refractivity contribution in [2.24, 2.45) is 11.8 Å². The molecule has 0 radical (unpaired) electrons. The third-order valence-electron chi connectivity index (χ3n) is 3.49. The van der Waals surface area contributed by atoms with E-state index < -0.39 is 0 Å². The van der Waals surface area contributed by atoms with E-state index in [1.807, 2.05) is 13.8 Å². The molecule has 0 unspecified atom stereocenters. The summed E-state index contributed by atoms with van der Waals surface area (Å²) in [7, 11) is 0. The fourth-order valence-corrected chi connectivity index (χ4v) is 3.04. The minimum atomic E-state index is -0.344. The van der Waals surface area contributed by atoms with E-state index in [-0.39, 0.29) is 5.79 Å². The smallest absolute Gasteiger partial charge is 0.163 e. The SMILES string of the molecule is CC1(C)O[C@@H]2[C@@H]3CC=C[C@@H]3C[C@@H]2O1. The second-order valence-corrected chi connectivity index (χ2v) is 4.87. The Kier molecular flexibility index (Phi) is 1.46. The second-order valence-electron chi connectivity index (χ2n) is 4.87. The fourth-order valence-electron chi connectivity index (χ4n) is 3.04. The molecule has 2 nitrogen and oxygen atoms in total. The normalized spacial score (nSPS) is 50.9. The Balaban J connectivity index is 1.83. The summed E-state index contributed by atoms with van der Waals surface area (Å²) in [5, 5.41) is 0. The van der Waals surface area contributed by atoms with Crippen LogP contribution in [0.4, 0.5) is 0 Å². The highest BCUT2D eigenvalue weighted by Gasteiger charge is 2.52. The largest absolute Gasteiger partial charge is 0.345 e. The van der Waals surface area contributed by atoms with E-state index >= 15 is 0 Å². The predicted molar refractivity (Wildman–Crippen MR) is 49.2 cm³/mol. The average molecular weight is 180 g/mol. The first-order chi connectivity index (χ1) is 6.16. The summed E-state index contributed by atoms with van der Waals surface area (Å²) in [5.41, 5.74) is 0. The van der Waals surface area contributed by atoms with Gasteiger partial charge in [-0.15, -0.1) is 0 Å². The van der Waals surface area contributed by atoms with Crippen molar-refractivity contribution >= 4 is 0 Å². The lowest BCUT2D eigenvalue weighted by Gasteiger charge is -2.22. The van der Waals surface area contributed by atoms with Gasteiger partial charge in [-0.25, -0.2) is 0 Å². The number of fused-ring (bicyclic) bond motifs is 3. The second kappa shape index (κ2) is 2.37. The summed E-state index contributed by atoms with van der Waals surface area (Å²) in [6, 6.07) is 0. The van der Waals surface area contributed by atoms with Crippen LogP contribution in [0.5, 0.6) is 0 Å². The zero-order valence-electron chi connectivity index (χ0n) is 8.19. The Morgan fingerprint density at radius 1 is 1.31 bits per heavy atom. The van der Waals surface area contributed by atoms with Crippen LogP contribution < -0.4 is 0 Å². The van der Waals surface area contributed by atoms with Crippen LogP contribution in [0, 0.1) is 11.8 Å². The van der Waals surface area contributed by atoms with Crippen molar-refractivity contribution in [2.75, 3.05) is 0 Å². The van der Waals surface area contributed by atoms with E-state index in [1.54, 1.807) is 0 Å². The zero-order chi connectivity index (χ0) is 9.05. The first kappa shape index (κ1) is 8.01. The van der Waals surface area contributed by atoms with Gasteiger partial charge in [-0.05, 0) is 38.5 Å². The summed E-state index contributed by atoms with van der Waals surface area (Å²) < 4.78 is 11.8. The van der Waals surface area contributed by atoms with Crippen molar-refractivity contribution in [3.63, 3.8) is 0 Å². The van der Waals surface area contributed by atoms with Crippen LogP contribution >= 0.6 is 0 Å². The van der Waals surface area contributed by atoms with Gasteiger partial charge >= 0.3 is 0 Å². The highest BCUT2D eigenvalue weighted by atomic mass is 16.8. The molecule has 0 aromatic heterocycles. The highest BCUT2D eigenvalue weighted by Crippen LogP contribution is 2.48.